The Morgan fingerprint density at radius 3 is 2.31 bits per heavy atom. The summed E-state index contributed by atoms with van der Waals surface area (Å²) < 4.78 is 18.2. The summed E-state index contributed by atoms with van der Waals surface area (Å²) >= 11 is 0. The van der Waals surface area contributed by atoms with Crippen molar-refractivity contribution in [2.45, 2.75) is 26.8 Å². The average Bonchev–Trinajstić information content (AvgIpc) is 3.25. The van der Waals surface area contributed by atoms with E-state index in [0.717, 1.165) is 51.7 Å². The van der Waals surface area contributed by atoms with Gasteiger partial charge in [-0.1, -0.05) is 25.1 Å². The minimum absolute atomic E-state index is 0.609. The molecule has 0 unspecified atom stereocenters. The Bertz CT molecular complexity index is 1230. The lowest BCUT2D eigenvalue weighted by molar-refractivity contribution is 0.394. The van der Waals surface area contributed by atoms with Crippen molar-refractivity contribution < 1.29 is 14.2 Å². The Balaban J connectivity index is 1.79. The van der Waals surface area contributed by atoms with Crippen LogP contribution < -0.4 is 19.5 Å². The number of aromatic nitrogens is 3. The Morgan fingerprint density at radius 2 is 1.66 bits per heavy atom. The Kier molecular flexibility index (Phi) is 6.16. The summed E-state index contributed by atoms with van der Waals surface area (Å²) in [6.45, 7) is 4.77. The largest absolute Gasteiger partial charge is 0.497 e. The molecule has 2 aromatic carbocycles. The number of nitrogens with one attached hydrogen (secondary N) is 1. The summed E-state index contributed by atoms with van der Waals surface area (Å²) in [7, 11) is 4.97. The zero-order valence-corrected chi connectivity index (χ0v) is 19.1. The van der Waals surface area contributed by atoms with Gasteiger partial charge in [0.1, 0.15) is 23.1 Å². The Labute approximate surface area is 188 Å². The van der Waals surface area contributed by atoms with Crippen molar-refractivity contribution in [3.05, 3.63) is 65.4 Å². The third-order valence-corrected chi connectivity index (χ3v) is 5.55. The smallest absolute Gasteiger partial charge is 0.158 e. The van der Waals surface area contributed by atoms with Gasteiger partial charge in [-0.2, -0.15) is 9.61 Å². The fraction of sp³-hybridized carbons (Fsp3) is 0.280. The molecule has 4 aromatic rings. The third-order valence-electron chi connectivity index (χ3n) is 5.55. The highest BCUT2D eigenvalue weighted by Crippen LogP contribution is 2.31. The van der Waals surface area contributed by atoms with Crippen molar-refractivity contribution in [1.29, 1.82) is 0 Å². The second-order valence-electron chi connectivity index (χ2n) is 7.44. The molecule has 0 saturated heterocycles. The van der Waals surface area contributed by atoms with Gasteiger partial charge in [0.2, 0.25) is 0 Å². The number of benzene rings is 2. The van der Waals surface area contributed by atoms with Crippen molar-refractivity contribution >= 4 is 11.5 Å². The fourth-order valence-electron chi connectivity index (χ4n) is 3.88. The molecule has 0 amide bonds. The standard InChI is InChI=1S/C25H28N4O3/c1-6-21-16(2)27-24-14-22(18-11-19(30-3)13-20(12-18)31-4)28-29(24)25(21)26-15-17-9-7-8-10-23(17)32-5/h7-14,26H,6,15H2,1-5H3. The van der Waals surface area contributed by atoms with Crippen LogP contribution in [0.15, 0.2) is 48.5 Å². The molecule has 0 atom stereocenters. The molecule has 0 spiro atoms. The van der Waals surface area contributed by atoms with Crippen molar-refractivity contribution in [1.82, 2.24) is 14.6 Å². The van der Waals surface area contributed by atoms with Crippen LogP contribution in [0.1, 0.15) is 23.7 Å². The van der Waals surface area contributed by atoms with Gasteiger partial charge < -0.3 is 19.5 Å². The van der Waals surface area contributed by atoms with E-state index < -0.39 is 0 Å². The SMILES string of the molecule is CCc1c(C)nc2cc(-c3cc(OC)cc(OC)c3)nn2c1NCc1ccccc1OC. The van der Waals surface area contributed by atoms with Crippen molar-refractivity contribution in [2.75, 3.05) is 26.6 Å². The quantitative estimate of drug-likeness (QED) is 0.427. The van der Waals surface area contributed by atoms with Gasteiger partial charge in [0.05, 0.1) is 27.0 Å². The molecule has 4 rings (SSSR count). The van der Waals surface area contributed by atoms with E-state index in [9.17, 15) is 0 Å². The molecule has 0 fully saturated rings. The zero-order chi connectivity index (χ0) is 22.7. The number of ether oxygens (including phenoxy) is 3. The van der Waals surface area contributed by atoms with E-state index in [1.165, 1.54) is 0 Å². The van der Waals surface area contributed by atoms with Gasteiger partial charge in [0.25, 0.3) is 0 Å². The van der Waals surface area contributed by atoms with Crippen LogP contribution in [0.3, 0.4) is 0 Å². The number of methoxy groups -OCH3 is 3. The number of hydrogen-bond donors (Lipinski definition) is 1. The van der Waals surface area contributed by atoms with E-state index in [1.54, 1.807) is 21.3 Å². The number of aryl methyl sites for hydroxylation is 1. The summed E-state index contributed by atoms with van der Waals surface area (Å²) in [5.41, 5.74) is 5.66. The number of nitrogens with zero attached hydrogens (tertiary/aromatic N) is 3. The summed E-state index contributed by atoms with van der Waals surface area (Å²) in [5.74, 6) is 3.21. The normalized spacial score (nSPS) is 10.9. The van der Waals surface area contributed by atoms with Gasteiger partial charge in [-0.3, -0.25) is 0 Å². The second kappa shape index (κ2) is 9.18. The molecule has 2 heterocycles. The van der Waals surface area contributed by atoms with E-state index in [-0.39, 0.29) is 0 Å². The minimum atomic E-state index is 0.609. The van der Waals surface area contributed by atoms with Crippen LogP contribution in [0.5, 0.6) is 17.2 Å². The molecule has 0 saturated carbocycles. The first-order valence-electron chi connectivity index (χ1n) is 10.6. The van der Waals surface area contributed by atoms with Gasteiger partial charge in [-0.15, -0.1) is 0 Å². The first kappa shape index (κ1) is 21.5. The number of rotatable bonds is 8. The monoisotopic (exact) mass is 432 g/mol. The molecular weight excluding hydrogens is 404 g/mol. The lowest BCUT2D eigenvalue weighted by Crippen LogP contribution is -2.11. The maximum absolute atomic E-state index is 5.51. The highest BCUT2D eigenvalue weighted by atomic mass is 16.5. The van der Waals surface area contributed by atoms with Crippen molar-refractivity contribution in [3.8, 4) is 28.5 Å². The van der Waals surface area contributed by atoms with Crippen LogP contribution in [-0.2, 0) is 13.0 Å². The molecule has 2 aromatic heterocycles. The minimum Gasteiger partial charge on any atom is -0.497 e. The van der Waals surface area contributed by atoms with Crippen LogP contribution in [0.2, 0.25) is 0 Å². The zero-order valence-electron chi connectivity index (χ0n) is 19.1. The first-order chi connectivity index (χ1) is 15.6. The van der Waals surface area contributed by atoms with Crippen LogP contribution in [0.4, 0.5) is 5.82 Å². The van der Waals surface area contributed by atoms with Gasteiger partial charge >= 0.3 is 0 Å². The van der Waals surface area contributed by atoms with Gasteiger partial charge in [-0.25, -0.2) is 4.98 Å². The number of hydrogen-bond acceptors (Lipinski definition) is 6. The van der Waals surface area contributed by atoms with Gasteiger partial charge in [0.15, 0.2) is 5.65 Å². The number of para-hydroxylation sites is 1. The molecule has 0 bridgehead atoms. The van der Waals surface area contributed by atoms with E-state index in [4.69, 9.17) is 24.3 Å². The van der Waals surface area contributed by atoms with Crippen LogP contribution in [0, 0.1) is 6.92 Å². The molecular formula is C25H28N4O3. The summed E-state index contributed by atoms with van der Waals surface area (Å²) in [4.78, 5) is 4.80. The van der Waals surface area contributed by atoms with E-state index in [2.05, 4.69) is 18.3 Å². The van der Waals surface area contributed by atoms with Crippen LogP contribution in [-0.4, -0.2) is 35.9 Å². The predicted octanol–water partition coefficient (Wildman–Crippen LogP) is 4.91. The number of fused-ring (bicyclic) bond motifs is 1. The van der Waals surface area contributed by atoms with Gasteiger partial charge in [0, 0.05) is 41.1 Å². The van der Waals surface area contributed by atoms with Crippen LogP contribution >= 0.6 is 0 Å². The van der Waals surface area contributed by atoms with Crippen molar-refractivity contribution in [2.24, 2.45) is 0 Å². The van der Waals surface area contributed by atoms with E-state index >= 15 is 0 Å². The maximum atomic E-state index is 5.51. The summed E-state index contributed by atoms with van der Waals surface area (Å²) in [6.07, 6.45) is 0.838. The molecule has 0 aliphatic carbocycles. The molecule has 0 radical (unpaired) electrons. The number of anilines is 1. The fourth-order valence-corrected chi connectivity index (χ4v) is 3.88. The first-order valence-corrected chi connectivity index (χ1v) is 10.6. The molecule has 166 valence electrons. The topological polar surface area (TPSA) is 69.9 Å². The summed E-state index contributed by atoms with van der Waals surface area (Å²) in [5, 5.41) is 8.47. The maximum Gasteiger partial charge on any atom is 0.158 e. The average molecular weight is 433 g/mol. The van der Waals surface area contributed by atoms with E-state index in [1.807, 2.05) is 53.9 Å². The summed E-state index contributed by atoms with van der Waals surface area (Å²) in [6, 6.07) is 15.7. The molecule has 32 heavy (non-hydrogen) atoms. The molecule has 1 N–H and O–H groups in total. The Morgan fingerprint density at radius 1 is 0.938 bits per heavy atom. The molecule has 0 aliphatic heterocycles. The lowest BCUT2D eigenvalue weighted by atomic mass is 10.1. The Hall–Kier alpha value is -3.74. The third kappa shape index (κ3) is 4.06. The highest BCUT2D eigenvalue weighted by Gasteiger charge is 2.16. The molecule has 7 nitrogen and oxygen atoms in total. The molecule has 0 aliphatic rings. The van der Waals surface area contributed by atoms with Gasteiger partial charge in [-0.05, 0) is 31.5 Å². The second-order valence-corrected chi connectivity index (χ2v) is 7.44. The van der Waals surface area contributed by atoms with E-state index in [0.29, 0.717) is 18.0 Å². The van der Waals surface area contributed by atoms with Crippen LogP contribution in [0.25, 0.3) is 16.9 Å². The van der Waals surface area contributed by atoms with Crippen molar-refractivity contribution in [3.63, 3.8) is 0 Å². The highest BCUT2D eigenvalue weighted by molar-refractivity contribution is 5.69. The predicted molar refractivity (Wildman–Crippen MR) is 126 cm³/mol. The lowest BCUT2D eigenvalue weighted by Gasteiger charge is -2.16. The molecule has 7 heteroatoms.